The second-order valence-electron chi connectivity index (χ2n) is 4.18. The van der Waals surface area contributed by atoms with Crippen molar-refractivity contribution in [1.29, 1.82) is 0 Å². The monoisotopic (exact) mass is 301 g/mol. The Morgan fingerprint density at radius 3 is 2.75 bits per heavy atom. The summed E-state index contributed by atoms with van der Waals surface area (Å²) >= 11 is 0. The lowest BCUT2D eigenvalue weighted by Crippen LogP contribution is -2.33. The first kappa shape index (κ1) is 16.3. The van der Waals surface area contributed by atoms with Crippen molar-refractivity contribution in [3.63, 3.8) is 0 Å². The highest BCUT2D eigenvalue weighted by molar-refractivity contribution is 7.89. The molecule has 0 saturated carbocycles. The van der Waals surface area contributed by atoms with Crippen LogP contribution in [0, 0.1) is 5.82 Å². The molecule has 110 valence electrons. The molecule has 1 atom stereocenters. The van der Waals surface area contributed by atoms with E-state index in [-0.39, 0.29) is 5.56 Å². The summed E-state index contributed by atoms with van der Waals surface area (Å²) in [6.07, 6.45) is 1.96. The van der Waals surface area contributed by atoms with Crippen molar-refractivity contribution in [2.75, 3.05) is 7.11 Å². The lowest BCUT2D eigenvalue weighted by Gasteiger charge is -2.14. The summed E-state index contributed by atoms with van der Waals surface area (Å²) in [4.78, 5) is 11.1. The maximum Gasteiger partial charge on any atom is 0.339 e. The van der Waals surface area contributed by atoms with Crippen molar-refractivity contribution >= 4 is 16.0 Å². The summed E-state index contributed by atoms with van der Waals surface area (Å²) in [7, 11) is -2.91. The third-order valence-corrected chi connectivity index (χ3v) is 4.14. The summed E-state index contributed by atoms with van der Waals surface area (Å²) in [6.45, 7) is 5.14. The van der Waals surface area contributed by atoms with Crippen LogP contribution >= 0.6 is 0 Å². The van der Waals surface area contributed by atoms with Crippen LogP contribution in [-0.2, 0) is 14.8 Å². The summed E-state index contributed by atoms with van der Waals surface area (Å²) < 4.78 is 44.5. The van der Waals surface area contributed by atoms with Gasteiger partial charge in [-0.15, -0.1) is 6.58 Å². The van der Waals surface area contributed by atoms with Gasteiger partial charge in [0.05, 0.1) is 17.6 Å². The van der Waals surface area contributed by atoms with E-state index in [9.17, 15) is 17.6 Å². The van der Waals surface area contributed by atoms with Crippen molar-refractivity contribution < 1.29 is 22.3 Å². The number of halogens is 1. The van der Waals surface area contributed by atoms with Gasteiger partial charge in [-0.25, -0.2) is 22.3 Å². The van der Waals surface area contributed by atoms with Gasteiger partial charge < -0.3 is 4.74 Å². The van der Waals surface area contributed by atoms with E-state index < -0.39 is 32.7 Å². The number of carbonyl (C=O) groups excluding carboxylic acids is 1. The van der Waals surface area contributed by atoms with E-state index in [1.807, 2.05) is 0 Å². The largest absolute Gasteiger partial charge is 0.465 e. The molecule has 0 spiro atoms. The van der Waals surface area contributed by atoms with Crippen molar-refractivity contribution in [1.82, 2.24) is 4.72 Å². The molecule has 0 heterocycles. The first-order valence-electron chi connectivity index (χ1n) is 5.83. The van der Waals surface area contributed by atoms with Crippen LogP contribution in [0.2, 0.25) is 0 Å². The SMILES string of the molecule is C=CCC(C)NS(=O)(=O)c1cc(F)ccc1C(=O)OC. The fourth-order valence-corrected chi connectivity index (χ4v) is 3.09. The highest BCUT2D eigenvalue weighted by atomic mass is 32.2. The third kappa shape index (κ3) is 3.88. The standard InChI is InChI=1S/C13H16FNO4S/c1-4-5-9(2)15-20(17,18)12-8-10(14)6-7-11(12)13(16)19-3/h4,6-9,15H,1,5H2,2-3H3. The molecule has 0 aliphatic heterocycles. The van der Waals surface area contributed by atoms with Crippen LogP contribution < -0.4 is 4.72 Å². The Bertz CT molecular complexity index is 613. The molecule has 1 rings (SSSR count). The van der Waals surface area contributed by atoms with E-state index in [0.717, 1.165) is 25.3 Å². The number of nitrogens with one attached hydrogen (secondary N) is 1. The molecule has 1 aromatic rings. The first-order valence-corrected chi connectivity index (χ1v) is 7.31. The highest BCUT2D eigenvalue weighted by Gasteiger charge is 2.25. The van der Waals surface area contributed by atoms with Gasteiger partial charge in [-0.05, 0) is 31.5 Å². The summed E-state index contributed by atoms with van der Waals surface area (Å²) in [6, 6.07) is 2.44. The van der Waals surface area contributed by atoms with Crippen molar-refractivity contribution in [3.05, 3.63) is 42.2 Å². The molecule has 0 fully saturated rings. The second kappa shape index (κ2) is 6.62. The summed E-state index contributed by atoms with van der Waals surface area (Å²) in [5.74, 6) is -1.60. The fourth-order valence-electron chi connectivity index (χ4n) is 1.62. The van der Waals surface area contributed by atoms with Crippen LogP contribution in [0.3, 0.4) is 0 Å². The summed E-state index contributed by atoms with van der Waals surface area (Å²) in [5.41, 5.74) is -0.216. The lowest BCUT2D eigenvalue weighted by atomic mass is 10.2. The molecule has 0 aromatic heterocycles. The van der Waals surface area contributed by atoms with Crippen molar-refractivity contribution in [2.24, 2.45) is 0 Å². The molecular formula is C13H16FNO4S. The number of ether oxygens (including phenoxy) is 1. The van der Waals surface area contributed by atoms with Crippen LogP contribution in [-0.4, -0.2) is 27.5 Å². The maximum atomic E-state index is 13.3. The smallest absolute Gasteiger partial charge is 0.339 e. The number of rotatable bonds is 6. The zero-order valence-electron chi connectivity index (χ0n) is 11.2. The average Bonchev–Trinajstić information content (AvgIpc) is 2.37. The van der Waals surface area contributed by atoms with E-state index in [1.54, 1.807) is 13.0 Å². The third-order valence-electron chi connectivity index (χ3n) is 2.52. The van der Waals surface area contributed by atoms with Crippen LogP contribution in [0.5, 0.6) is 0 Å². The normalized spacial score (nSPS) is 12.8. The van der Waals surface area contributed by atoms with Gasteiger partial charge in [-0.2, -0.15) is 0 Å². The number of benzene rings is 1. The van der Waals surface area contributed by atoms with Crippen LogP contribution in [0.1, 0.15) is 23.7 Å². The Kier molecular flexibility index (Phi) is 5.41. The minimum absolute atomic E-state index is 0.216. The number of hydrogen-bond donors (Lipinski definition) is 1. The van der Waals surface area contributed by atoms with Gasteiger partial charge in [0, 0.05) is 6.04 Å². The quantitative estimate of drug-likeness (QED) is 0.643. The van der Waals surface area contributed by atoms with Gasteiger partial charge in [0.25, 0.3) is 0 Å². The molecule has 0 aliphatic rings. The van der Waals surface area contributed by atoms with E-state index in [0.29, 0.717) is 6.42 Å². The molecule has 1 N–H and O–H groups in total. The molecule has 0 radical (unpaired) electrons. The number of carbonyl (C=O) groups is 1. The molecule has 5 nitrogen and oxygen atoms in total. The van der Waals surface area contributed by atoms with Crippen LogP contribution in [0.25, 0.3) is 0 Å². The van der Waals surface area contributed by atoms with E-state index >= 15 is 0 Å². The van der Waals surface area contributed by atoms with Gasteiger partial charge in [-0.3, -0.25) is 0 Å². The molecular weight excluding hydrogens is 285 g/mol. The zero-order valence-corrected chi connectivity index (χ0v) is 12.0. The van der Waals surface area contributed by atoms with Crippen molar-refractivity contribution in [3.8, 4) is 0 Å². The number of esters is 1. The van der Waals surface area contributed by atoms with E-state index in [4.69, 9.17) is 0 Å². The Morgan fingerprint density at radius 2 is 2.20 bits per heavy atom. The zero-order chi connectivity index (χ0) is 15.3. The van der Waals surface area contributed by atoms with Crippen LogP contribution in [0.15, 0.2) is 35.7 Å². The molecule has 7 heteroatoms. The molecule has 0 bridgehead atoms. The lowest BCUT2D eigenvalue weighted by molar-refractivity contribution is 0.0596. The van der Waals surface area contributed by atoms with Gasteiger partial charge in [-0.1, -0.05) is 6.08 Å². The molecule has 20 heavy (non-hydrogen) atoms. The minimum atomic E-state index is -4.03. The Morgan fingerprint density at radius 1 is 1.55 bits per heavy atom. The summed E-state index contributed by atoms with van der Waals surface area (Å²) in [5, 5.41) is 0. The minimum Gasteiger partial charge on any atom is -0.465 e. The molecule has 0 saturated heterocycles. The number of hydrogen-bond acceptors (Lipinski definition) is 4. The van der Waals surface area contributed by atoms with Crippen molar-refractivity contribution in [2.45, 2.75) is 24.3 Å². The highest BCUT2D eigenvalue weighted by Crippen LogP contribution is 2.19. The molecule has 1 aromatic carbocycles. The molecule has 1 unspecified atom stereocenters. The molecule has 0 aliphatic carbocycles. The Hall–Kier alpha value is -1.73. The second-order valence-corrected chi connectivity index (χ2v) is 5.86. The van der Waals surface area contributed by atoms with E-state index in [2.05, 4.69) is 16.0 Å². The average molecular weight is 301 g/mol. The maximum absolute atomic E-state index is 13.3. The predicted octanol–water partition coefficient (Wildman–Crippen LogP) is 1.86. The van der Waals surface area contributed by atoms with E-state index in [1.165, 1.54) is 0 Å². The number of methoxy groups -OCH3 is 1. The van der Waals surface area contributed by atoms with Gasteiger partial charge in [0.15, 0.2) is 0 Å². The predicted molar refractivity (Wildman–Crippen MR) is 72.3 cm³/mol. The Balaban J connectivity index is 3.26. The molecule has 0 amide bonds. The topological polar surface area (TPSA) is 72.5 Å². The van der Waals surface area contributed by atoms with Gasteiger partial charge >= 0.3 is 5.97 Å². The Labute approximate surface area is 117 Å². The first-order chi connectivity index (χ1) is 9.31. The number of sulfonamides is 1. The fraction of sp³-hybridized carbons (Fsp3) is 0.308. The van der Waals surface area contributed by atoms with Crippen LogP contribution in [0.4, 0.5) is 4.39 Å². The van der Waals surface area contributed by atoms with Gasteiger partial charge in [0.1, 0.15) is 5.82 Å². The van der Waals surface area contributed by atoms with Gasteiger partial charge in [0.2, 0.25) is 10.0 Å².